The predicted octanol–water partition coefficient (Wildman–Crippen LogP) is 0.902. The largest absolute Gasteiger partial charge is 0.391 e. The molecule has 8 heteroatoms. The normalized spacial score (nSPS) is 15.0. The van der Waals surface area contributed by atoms with Crippen LogP contribution in [0.1, 0.15) is 22.7 Å². The molecule has 1 unspecified atom stereocenters. The third-order valence-corrected chi connectivity index (χ3v) is 5.57. The van der Waals surface area contributed by atoms with Gasteiger partial charge in [0.15, 0.2) is 11.7 Å². The highest BCUT2D eigenvalue weighted by molar-refractivity contribution is 9.10. The van der Waals surface area contributed by atoms with Gasteiger partial charge in [-0.15, -0.1) is 0 Å². The van der Waals surface area contributed by atoms with E-state index >= 15 is 0 Å². The molecule has 0 bridgehead atoms. The highest BCUT2D eigenvalue weighted by atomic mass is 79.9. The molecule has 1 amide bonds. The van der Waals surface area contributed by atoms with Gasteiger partial charge in [-0.3, -0.25) is 9.89 Å². The van der Waals surface area contributed by atoms with Gasteiger partial charge in [-0.25, -0.2) is 4.98 Å². The van der Waals surface area contributed by atoms with Crippen LogP contribution in [0.25, 0.3) is 11.0 Å². The van der Waals surface area contributed by atoms with Crippen molar-refractivity contribution in [1.82, 2.24) is 20.1 Å². The molecule has 7 nitrogen and oxygen atoms in total. The zero-order chi connectivity index (χ0) is 18.8. The summed E-state index contributed by atoms with van der Waals surface area (Å²) >= 11 is 3.51. The maximum Gasteiger partial charge on any atom is 0.285 e. The molecule has 4 rings (SSSR count). The van der Waals surface area contributed by atoms with Crippen molar-refractivity contribution in [2.24, 2.45) is 0 Å². The van der Waals surface area contributed by atoms with Crippen molar-refractivity contribution in [3.8, 4) is 0 Å². The number of hydrogen-bond donors (Lipinski definition) is 3. The highest BCUT2D eigenvalue weighted by Crippen LogP contribution is 2.30. The number of aliphatic hydroxyl groups is 1. The number of carbonyl (C=O) groups is 1. The number of amides is 1. The summed E-state index contributed by atoms with van der Waals surface area (Å²) in [5, 5.41) is 19.2. The number of nitrogens with zero attached hydrogens (tertiary/aromatic N) is 3. The molecular weight excluding hydrogens is 410 g/mol. The Hall–Kier alpha value is -2.29. The van der Waals surface area contributed by atoms with Crippen LogP contribution in [0.5, 0.6) is 0 Å². The molecule has 0 saturated carbocycles. The van der Waals surface area contributed by atoms with Crippen molar-refractivity contribution >= 4 is 32.9 Å². The molecule has 1 aliphatic heterocycles. The Morgan fingerprint density at radius 1 is 1.37 bits per heavy atom. The molecule has 0 fully saturated rings. The number of nitrogens with one attached hydrogen (secondary N) is 1. The number of aromatic nitrogens is 3. The molecule has 1 aliphatic rings. The van der Waals surface area contributed by atoms with Gasteiger partial charge < -0.3 is 15.3 Å². The third-order valence-electron chi connectivity index (χ3n) is 5.00. The Bertz CT molecular complexity index is 959. The second-order valence-electron chi connectivity index (χ2n) is 6.64. The summed E-state index contributed by atoms with van der Waals surface area (Å²) in [7, 11) is 0. The highest BCUT2D eigenvalue weighted by Gasteiger charge is 2.32. The minimum absolute atomic E-state index is 0.0376. The monoisotopic (exact) mass is 430 g/mol. The van der Waals surface area contributed by atoms with E-state index in [1.54, 1.807) is 0 Å². The lowest BCUT2D eigenvalue weighted by molar-refractivity contribution is -0.684. The Balaban J connectivity index is 1.60. The van der Waals surface area contributed by atoms with E-state index in [1.807, 2.05) is 46.7 Å². The van der Waals surface area contributed by atoms with Crippen LogP contribution in [0.3, 0.4) is 0 Å². The molecule has 0 saturated heterocycles. The molecule has 0 spiro atoms. The number of fused-ring (bicyclic) bond motifs is 3. The van der Waals surface area contributed by atoms with Crippen molar-refractivity contribution in [3.63, 3.8) is 0 Å². The number of H-pyrrole nitrogens is 1. The van der Waals surface area contributed by atoms with E-state index in [-0.39, 0.29) is 18.6 Å². The minimum Gasteiger partial charge on any atom is -0.391 e. The first-order valence-electron chi connectivity index (χ1n) is 8.97. The van der Waals surface area contributed by atoms with Gasteiger partial charge in [-0.1, -0.05) is 30.3 Å². The third kappa shape index (κ3) is 3.47. The number of nitrogens with two attached hydrogens (primary N) is 1. The lowest BCUT2D eigenvalue weighted by atomic mass is 9.97. The summed E-state index contributed by atoms with van der Waals surface area (Å²) in [6.07, 6.45) is 2.58. The fraction of sp³-hybridized carbons (Fsp3) is 0.316. The van der Waals surface area contributed by atoms with Gasteiger partial charge in [-0.2, -0.15) is 5.10 Å². The number of pyridine rings is 1. The molecule has 3 heterocycles. The minimum atomic E-state index is -0.350. The SMILES string of the molecule is O=C(C([NH2+]CCO)c1ccccc1)N1CCc2c(cnc3n[nH]c(Br)c23)C1. The Kier molecular flexibility index (Phi) is 5.20. The zero-order valence-electron chi connectivity index (χ0n) is 14.7. The first kappa shape index (κ1) is 18.1. The second-order valence-corrected chi connectivity index (χ2v) is 7.44. The van der Waals surface area contributed by atoms with Gasteiger partial charge in [0.25, 0.3) is 5.91 Å². The van der Waals surface area contributed by atoms with Crippen LogP contribution in [0.4, 0.5) is 0 Å². The molecule has 0 aliphatic carbocycles. The molecule has 2 aromatic heterocycles. The quantitative estimate of drug-likeness (QED) is 0.559. The lowest BCUT2D eigenvalue weighted by Crippen LogP contribution is -2.88. The summed E-state index contributed by atoms with van der Waals surface area (Å²) in [6.45, 7) is 1.71. The van der Waals surface area contributed by atoms with Crippen LogP contribution in [0.2, 0.25) is 0 Å². The van der Waals surface area contributed by atoms with Gasteiger partial charge in [-0.05, 0) is 33.5 Å². The standard InChI is InChI=1S/C19H20BrN5O2/c20-17-15-14-6-8-25(11-13(14)10-22-18(15)24-23-17)19(27)16(21-7-9-26)12-4-2-1-3-5-12/h1-5,10,16,21,26H,6-9,11H2,(H,22,23,24)/p+1. The number of hydrogen-bond acceptors (Lipinski definition) is 4. The summed E-state index contributed by atoms with van der Waals surface area (Å²) in [6, 6.07) is 9.38. The first-order valence-corrected chi connectivity index (χ1v) is 9.76. The molecule has 140 valence electrons. The fourth-order valence-corrected chi connectivity index (χ4v) is 4.17. The van der Waals surface area contributed by atoms with E-state index in [2.05, 4.69) is 31.1 Å². The Morgan fingerprint density at radius 3 is 2.96 bits per heavy atom. The van der Waals surface area contributed by atoms with Crippen LogP contribution in [0.15, 0.2) is 41.1 Å². The van der Waals surface area contributed by atoms with Gasteiger partial charge in [0, 0.05) is 24.8 Å². The summed E-state index contributed by atoms with van der Waals surface area (Å²) in [5.41, 5.74) is 3.89. The summed E-state index contributed by atoms with van der Waals surface area (Å²) < 4.78 is 0.833. The number of benzene rings is 1. The molecule has 4 N–H and O–H groups in total. The second kappa shape index (κ2) is 7.75. The molecule has 27 heavy (non-hydrogen) atoms. The zero-order valence-corrected chi connectivity index (χ0v) is 16.3. The maximum absolute atomic E-state index is 13.3. The lowest BCUT2D eigenvalue weighted by Gasteiger charge is -2.31. The Labute approximate surface area is 164 Å². The summed E-state index contributed by atoms with van der Waals surface area (Å²) in [4.78, 5) is 19.6. The van der Waals surface area contributed by atoms with E-state index in [9.17, 15) is 9.90 Å². The average Bonchev–Trinajstić information content (AvgIpc) is 3.10. The van der Waals surface area contributed by atoms with Crippen molar-refractivity contribution in [2.75, 3.05) is 19.7 Å². The predicted molar refractivity (Wildman–Crippen MR) is 104 cm³/mol. The van der Waals surface area contributed by atoms with Gasteiger partial charge in [0.05, 0.1) is 18.5 Å². The van der Waals surface area contributed by atoms with Crippen molar-refractivity contribution < 1.29 is 15.2 Å². The topological polar surface area (TPSA) is 98.7 Å². The van der Waals surface area contributed by atoms with E-state index in [0.29, 0.717) is 25.3 Å². The molecule has 1 aromatic carbocycles. The van der Waals surface area contributed by atoms with E-state index in [0.717, 1.165) is 27.5 Å². The van der Waals surface area contributed by atoms with E-state index in [1.165, 1.54) is 5.56 Å². The molecular formula is C19H21BrN5O2+. The van der Waals surface area contributed by atoms with Crippen LogP contribution in [-0.2, 0) is 17.8 Å². The van der Waals surface area contributed by atoms with E-state index < -0.39 is 0 Å². The van der Waals surface area contributed by atoms with Crippen LogP contribution < -0.4 is 5.32 Å². The van der Waals surface area contributed by atoms with Crippen LogP contribution in [0, 0.1) is 0 Å². The molecule has 1 atom stereocenters. The van der Waals surface area contributed by atoms with Crippen molar-refractivity contribution in [3.05, 3.63) is 57.8 Å². The van der Waals surface area contributed by atoms with Gasteiger partial charge in [0.2, 0.25) is 0 Å². The smallest absolute Gasteiger partial charge is 0.285 e. The molecule has 3 aromatic rings. The number of carbonyl (C=O) groups excluding carboxylic acids is 1. The molecule has 0 radical (unpaired) electrons. The Morgan fingerprint density at radius 2 is 2.19 bits per heavy atom. The number of rotatable bonds is 5. The number of halogens is 1. The van der Waals surface area contributed by atoms with Crippen LogP contribution in [-0.4, -0.2) is 50.8 Å². The summed E-state index contributed by atoms with van der Waals surface area (Å²) in [5.74, 6) is 0.0617. The first-order chi connectivity index (χ1) is 13.2. The van der Waals surface area contributed by atoms with Gasteiger partial charge >= 0.3 is 0 Å². The number of quaternary nitrogens is 1. The maximum atomic E-state index is 13.3. The van der Waals surface area contributed by atoms with Crippen LogP contribution >= 0.6 is 15.9 Å². The fourth-order valence-electron chi connectivity index (χ4n) is 3.67. The number of aromatic amines is 1. The van der Waals surface area contributed by atoms with E-state index in [4.69, 9.17) is 0 Å². The van der Waals surface area contributed by atoms with Crippen molar-refractivity contribution in [2.45, 2.75) is 19.0 Å². The van der Waals surface area contributed by atoms with Crippen molar-refractivity contribution in [1.29, 1.82) is 0 Å². The number of aliphatic hydroxyl groups excluding tert-OH is 1. The average molecular weight is 431 g/mol. The van der Waals surface area contributed by atoms with Gasteiger partial charge in [0.1, 0.15) is 4.60 Å².